The van der Waals surface area contributed by atoms with Gasteiger partial charge in [-0.1, -0.05) is 18.2 Å². The van der Waals surface area contributed by atoms with Gasteiger partial charge < -0.3 is 15.5 Å². The van der Waals surface area contributed by atoms with Crippen LogP contribution in [0.2, 0.25) is 0 Å². The number of carbonyl (C=O) groups excluding carboxylic acids is 1. The summed E-state index contributed by atoms with van der Waals surface area (Å²) in [5.74, 6) is 0.887. The summed E-state index contributed by atoms with van der Waals surface area (Å²) in [6.07, 6.45) is 2.25. The molecule has 30 heavy (non-hydrogen) atoms. The average molecular weight is 399 g/mol. The van der Waals surface area contributed by atoms with Gasteiger partial charge in [-0.25, -0.2) is 9.97 Å². The molecule has 0 fully saturated rings. The third kappa shape index (κ3) is 3.91. The number of nitrogens with one attached hydrogen (secondary N) is 2. The van der Waals surface area contributed by atoms with Gasteiger partial charge in [0.05, 0.1) is 11.6 Å². The van der Waals surface area contributed by atoms with Gasteiger partial charge in [-0.15, -0.1) is 0 Å². The van der Waals surface area contributed by atoms with E-state index in [0.29, 0.717) is 18.4 Å². The van der Waals surface area contributed by atoms with Gasteiger partial charge in [-0.3, -0.25) is 4.79 Å². The number of anilines is 4. The number of aromatic nitrogens is 3. The smallest absolute Gasteiger partial charge is 0.232 e. The van der Waals surface area contributed by atoms with E-state index in [2.05, 4.69) is 36.6 Å². The van der Waals surface area contributed by atoms with Gasteiger partial charge in [-0.05, 0) is 48.2 Å². The number of hydrogen-bond donors (Lipinski definition) is 2. The molecule has 3 aromatic rings. The van der Waals surface area contributed by atoms with E-state index in [9.17, 15) is 10.1 Å². The molecule has 0 saturated carbocycles. The normalized spacial score (nSPS) is 12.6. The van der Waals surface area contributed by atoms with E-state index in [1.54, 1.807) is 0 Å². The molecular weight excluding hydrogens is 378 g/mol. The molecule has 0 radical (unpaired) electrons. The van der Waals surface area contributed by atoms with E-state index in [-0.39, 0.29) is 5.91 Å². The highest BCUT2D eigenvalue weighted by molar-refractivity contribution is 5.90. The van der Waals surface area contributed by atoms with Crippen LogP contribution in [-0.4, -0.2) is 27.4 Å². The number of fused-ring (bicyclic) bond motifs is 1. The minimum Gasteiger partial charge on any atom is -0.336 e. The van der Waals surface area contributed by atoms with Crippen molar-refractivity contribution < 1.29 is 4.79 Å². The Morgan fingerprint density at radius 1 is 1.17 bits per heavy atom. The number of nitrogens with zero attached hydrogens (tertiary/aromatic N) is 5. The number of carbonyl (C=O) groups is 1. The molecule has 1 amide bonds. The van der Waals surface area contributed by atoms with Crippen LogP contribution in [-0.2, 0) is 17.8 Å². The third-order valence-electron chi connectivity index (χ3n) is 5.12. The molecule has 2 aromatic carbocycles. The highest BCUT2D eigenvalue weighted by Crippen LogP contribution is 2.27. The summed E-state index contributed by atoms with van der Waals surface area (Å²) in [7, 11) is 0. The first kappa shape index (κ1) is 19.3. The molecule has 0 spiro atoms. The van der Waals surface area contributed by atoms with Crippen molar-refractivity contribution in [3.05, 3.63) is 65.0 Å². The molecule has 0 unspecified atom stereocenters. The van der Waals surface area contributed by atoms with Gasteiger partial charge in [0.2, 0.25) is 17.8 Å². The van der Waals surface area contributed by atoms with Crippen molar-refractivity contribution in [3.8, 4) is 6.07 Å². The topological polar surface area (TPSA) is 107 Å². The van der Waals surface area contributed by atoms with Crippen LogP contribution in [0.5, 0.6) is 0 Å². The van der Waals surface area contributed by atoms with Gasteiger partial charge in [0.1, 0.15) is 6.33 Å². The number of hydrogen-bond acceptors (Lipinski definition) is 7. The molecule has 0 aliphatic carbocycles. The number of amides is 1. The molecule has 150 valence electrons. The van der Waals surface area contributed by atoms with Crippen LogP contribution in [0, 0.1) is 18.3 Å². The summed E-state index contributed by atoms with van der Waals surface area (Å²) in [5.41, 5.74) is 5.40. The summed E-state index contributed by atoms with van der Waals surface area (Å²) in [4.78, 5) is 26.6. The Morgan fingerprint density at radius 3 is 2.77 bits per heavy atom. The van der Waals surface area contributed by atoms with Crippen molar-refractivity contribution in [1.82, 2.24) is 15.0 Å². The lowest BCUT2D eigenvalue weighted by Crippen LogP contribution is -2.32. The van der Waals surface area contributed by atoms with Crippen molar-refractivity contribution in [3.63, 3.8) is 0 Å². The predicted molar refractivity (Wildman–Crippen MR) is 115 cm³/mol. The Labute approximate surface area is 174 Å². The van der Waals surface area contributed by atoms with Gasteiger partial charge >= 0.3 is 0 Å². The monoisotopic (exact) mass is 399 g/mol. The van der Waals surface area contributed by atoms with E-state index >= 15 is 0 Å². The Balaban J connectivity index is 1.56. The van der Waals surface area contributed by atoms with Crippen molar-refractivity contribution in [1.29, 1.82) is 5.26 Å². The molecule has 1 aromatic heterocycles. The van der Waals surface area contributed by atoms with Crippen molar-refractivity contribution >= 4 is 29.2 Å². The molecule has 0 bridgehead atoms. The highest BCUT2D eigenvalue weighted by Gasteiger charge is 2.21. The lowest BCUT2D eigenvalue weighted by molar-refractivity contribution is -0.114. The standard InChI is InChI=1S/C22H21N7O/c1-14-19(26-15(2)30)7-4-8-20(14)27-21-24-13-25-22(28-21)29-10-9-18-16(11-23)5-3-6-17(18)12-29/h3-8,13H,9-10,12H2,1-2H3,(H,26,30)(H,24,25,27,28). The molecule has 1 aliphatic rings. The first-order chi connectivity index (χ1) is 14.5. The largest absolute Gasteiger partial charge is 0.336 e. The molecular formula is C22H21N7O. The Hall–Kier alpha value is -3.99. The first-order valence-electron chi connectivity index (χ1n) is 9.64. The minimum atomic E-state index is -0.123. The molecule has 0 saturated heterocycles. The van der Waals surface area contributed by atoms with Crippen LogP contribution in [0.4, 0.5) is 23.3 Å². The maximum atomic E-state index is 11.4. The second-order valence-electron chi connectivity index (χ2n) is 7.12. The van der Waals surface area contributed by atoms with Crippen LogP contribution in [0.15, 0.2) is 42.7 Å². The van der Waals surface area contributed by atoms with Crippen molar-refractivity contribution in [2.75, 3.05) is 22.1 Å². The zero-order valence-corrected chi connectivity index (χ0v) is 16.8. The molecule has 8 nitrogen and oxygen atoms in total. The van der Waals surface area contributed by atoms with E-state index < -0.39 is 0 Å². The summed E-state index contributed by atoms with van der Waals surface area (Å²) in [5, 5.41) is 15.4. The second-order valence-corrected chi connectivity index (χ2v) is 7.12. The summed E-state index contributed by atoms with van der Waals surface area (Å²) in [6, 6.07) is 13.7. The van der Waals surface area contributed by atoms with Crippen LogP contribution in [0.1, 0.15) is 29.2 Å². The first-order valence-corrected chi connectivity index (χ1v) is 9.64. The van der Waals surface area contributed by atoms with Crippen molar-refractivity contribution in [2.45, 2.75) is 26.8 Å². The molecule has 8 heteroatoms. The Bertz CT molecular complexity index is 1150. The van der Waals surface area contributed by atoms with Crippen molar-refractivity contribution in [2.24, 2.45) is 0 Å². The van der Waals surface area contributed by atoms with Gasteiger partial charge in [-0.2, -0.15) is 10.2 Å². The fraction of sp³-hybridized carbons (Fsp3) is 0.227. The molecule has 2 heterocycles. The quantitative estimate of drug-likeness (QED) is 0.693. The van der Waals surface area contributed by atoms with Crippen LogP contribution in [0.25, 0.3) is 0 Å². The number of benzene rings is 2. The number of nitriles is 1. The Kier molecular flexibility index (Phi) is 5.26. The molecule has 0 atom stereocenters. The van der Waals surface area contributed by atoms with E-state index in [1.807, 2.05) is 43.3 Å². The predicted octanol–water partition coefficient (Wildman–Crippen LogP) is 3.32. The van der Waals surface area contributed by atoms with E-state index in [0.717, 1.165) is 46.6 Å². The van der Waals surface area contributed by atoms with Gasteiger partial charge in [0.25, 0.3) is 0 Å². The fourth-order valence-corrected chi connectivity index (χ4v) is 3.60. The Morgan fingerprint density at radius 2 is 1.97 bits per heavy atom. The third-order valence-corrected chi connectivity index (χ3v) is 5.12. The van der Waals surface area contributed by atoms with E-state index in [4.69, 9.17) is 0 Å². The zero-order chi connectivity index (χ0) is 21.1. The zero-order valence-electron chi connectivity index (χ0n) is 16.8. The highest BCUT2D eigenvalue weighted by atomic mass is 16.1. The van der Waals surface area contributed by atoms with Crippen LogP contribution in [0.3, 0.4) is 0 Å². The molecule has 2 N–H and O–H groups in total. The number of rotatable bonds is 4. The minimum absolute atomic E-state index is 0.123. The fourth-order valence-electron chi connectivity index (χ4n) is 3.60. The maximum Gasteiger partial charge on any atom is 0.232 e. The van der Waals surface area contributed by atoms with Crippen LogP contribution >= 0.6 is 0 Å². The van der Waals surface area contributed by atoms with Gasteiger partial charge in [0.15, 0.2) is 0 Å². The maximum absolute atomic E-state index is 11.4. The summed E-state index contributed by atoms with van der Waals surface area (Å²) in [6.45, 7) is 4.77. The lowest BCUT2D eigenvalue weighted by Gasteiger charge is -2.29. The molecule has 4 rings (SSSR count). The van der Waals surface area contributed by atoms with E-state index in [1.165, 1.54) is 13.3 Å². The lowest BCUT2D eigenvalue weighted by atomic mass is 9.95. The van der Waals surface area contributed by atoms with Crippen LogP contribution < -0.4 is 15.5 Å². The molecule has 1 aliphatic heterocycles. The summed E-state index contributed by atoms with van der Waals surface area (Å²) >= 11 is 0. The average Bonchev–Trinajstić information content (AvgIpc) is 2.75. The van der Waals surface area contributed by atoms with Gasteiger partial charge in [0, 0.05) is 31.4 Å². The SMILES string of the molecule is CC(=O)Nc1cccc(Nc2ncnc(N3CCc4c(C#N)cccc4C3)n2)c1C. The second kappa shape index (κ2) is 8.17. The summed E-state index contributed by atoms with van der Waals surface area (Å²) < 4.78 is 0.